The lowest BCUT2D eigenvalue weighted by Gasteiger charge is -2.06. The molecule has 0 aromatic carbocycles. The van der Waals surface area contributed by atoms with E-state index in [2.05, 4.69) is 15.6 Å². The maximum atomic E-state index is 11.4. The van der Waals surface area contributed by atoms with Crippen LogP contribution < -0.4 is 10.6 Å². The second kappa shape index (κ2) is 7.39. The van der Waals surface area contributed by atoms with Gasteiger partial charge in [-0.3, -0.25) is 9.78 Å². The van der Waals surface area contributed by atoms with Gasteiger partial charge in [-0.1, -0.05) is 6.92 Å². The van der Waals surface area contributed by atoms with Gasteiger partial charge in [0.2, 0.25) is 5.91 Å². The Bertz CT molecular complexity index is 421. The van der Waals surface area contributed by atoms with Crippen LogP contribution in [0.25, 0.3) is 0 Å². The number of hydrogen-bond donors (Lipinski definition) is 3. The molecule has 6 heteroatoms. The molecule has 0 atom stereocenters. The van der Waals surface area contributed by atoms with Gasteiger partial charge < -0.3 is 15.7 Å². The lowest BCUT2D eigenvalue weighted by atomic mass is 10.2. The topological polar surface area (TPSA) is 91.3 Å². The summed E-state index contributed by atoms with van der Waals surface area (Å²) in [5, 5.41) is 14.4. The zero-order valence-electron chi connectivity index (χ0n) is 10.3. The summed E-state index contributed by atoms with van der Waals surface area (Å²) in [4.78, 5) is 26.1. The van der Waals surface area contributed by atoms with E-state index < -0.39 is 5.97 Å². The lowest BCUT2D eigenvalue weighted by Crippen LogP contribution is -2.33. The summed E-state index contributed by atoms with van der Waals surface area (Å²) < 4.78 is 0. The molecular weight excluding hydrogens is 234 g/mol. The second-order valence-electron chi connectivity index (χ2n) is 3.79. The quantitative estimate of drug-likeness (QED) is 0.610. The van der Waals surface area contributed by atoms with E-state index in [1.165, 1.54) is 18.3 Å². The average molecular weight is 251 g/mol. The van der Waals surface area contributed by atoms with Gasteiger partial charge in [0.15, 0.2) is 0 Å². The number of aromatic carboxylic acids is 1. The summed E-state index contributed by atoms with van der Waals surface area (Å²) in [5.41, 5.74) is 0.692. The van der Waals surface area contributed by atoms with Crippen LogP contribution >= 0.6 is 0 Å². The van der Waals surface area contributed by atoms with Crippen LogP contribution in [0.3, 0.4) is 0 Å². The molecule has 1 aromatic rings. The number of carbonyl (C=O) groups is 2. The minimum Gasteiger partial charge on any atom is -0.478 e. The molecule has 1 heterocycles. The van der Waals surface area contributed by atoms with Crippen molar-refractivity contribution in [3.8, 4) is 0 Å². The molecule has 0 saturated heterocycles. The fourth-order valence-electron chi connectivity index (χ4n) is 1.34. The molecule has 0 fully saturated rings. The molecule has 6 nitrogen and oxygen atoms in total. The standard InChI is InChI=1S/C12H17N3O3/c1-2-4-13-8-11(16)15-7-10-6-9(12(17)18)3-5-14-10/h3,5-6,13H,2,4,7-8H2,1H3,(H,15,16)(H,17,18). The normalized spacial score (nSPS) is 10.1. The first-order valence-electron chi connectivity index (χ1n) is 5.79. The summed E-state index contributed by atoms with van der Waals surface area (Å²) in [6.07, 6.45) is 2.38. The smallest absolute Gasteiger partial charge is 0.335 e. The van der Waals surface area contributed by atoms with Gasteiger partial charge >= 0.3 is 5.97 Å². The fraction of sp³-hybridized carbons (Fsp3) is 0.417. The van der Waals surface area contributed by atoms with Crippen molar-refractivity contribution in [2.45, 2.75) is 19.9 Å². The Morgan fingerprint density at radius 3 is 2.89 bits per heavy atom. The first kappa shape index (κ1) is 14.1. The number of nitrogens with zero attached hydrogens (tertiary/aromatic N) is 1. The number of pyridine rings is 1. The van der Waals surface area contributed by atoms with E-state index in [1.54, 1.807) is 0 Å². The van der Waals surface area contributed by atoms with Crippen molar-refractivity contribution in [2.75, 3.05) is 13.1 Å². The number of carboxylic acids is 1. The molecule has 3 N–H and O–H groups in total. The molecule has 18 heavy (non-hydrogen) atoms. The summed E-state index contributed by atoms with van der Waals surface area (Å²) in [7, 11) is 0. The minimum absolute atomic E-state index is 0.133. The number of carbonyl (C=O) groups excluding carboxylic acids is 1. The number of nitrogens with one attached hydrogen (secondary N) is 2. The summed E-state index contributed by atoms with van der Waals surface area (Å²) in [5.74, 6) is -1.14. The predicted octanol–water partition coefficient (Wildman–Crippen LogP) is 0.396. The molecule has 0 aliphatic carbocycles. The Kier molecular flexibility index (Phi) is 5.79. The van der Waals surface area contributed by atoms with Gasteiger partial charge in [-0.25, -0.2) is 4.79 Å². The Labute approximate surface area is 105 Å². The maximum Gasteiger partial charge on any atom is 0.335 e. The highest BCUT2D eigenvalue weighted by atomic mass is 16.4. The second-order valence-corrected chi connectivity index (χ2v) is 3.79. The van der Waals surface area contributed by atoms with E-state index in [0.717, 1.165) is 13.0 Å². The van der Waals surface area contributed by atoms with E-state index in [0.29, 0.717) is 5.69 Å². The van der Waals surface area contributed by atoms with Crippen molar-refractivity contribution >= 4 is 11.9 Å². The van der Waals surface area contributed by atoms with E-state index in [-0.39, 0.29) is 24.6 Å². The number of amides is 1. The van der Waals surface area contributed by atoms with Crippen LogP contribution in [0.1, 0.15) is 29.4 Å². The molecular formula is C12H17N3O3. The third-order valence-corrected chi connectivity index (χ3v) is 2.24. The highest BCUT2D eigenvalue weighted by molar-refractivity contribution is 5.87. The Hall–Kier alpha value is -1.95. The van der Waals surface area contributed by atoms with E-state index in [4.69, 9.17) is 5.11 Å². The Balaban J connectivity index is 2.41. The van der Waals surface area contributed by atoms with Crippen LogP contribution in [-0.4, -0.2) is 35.1 Å². The molecule has 1 rings (SSSR count). The summed E-state index contributed by atoms with van der Waals surface area (Å²) in [6.45, 7) is 3.30. The molecule has 0 saturated carbocycles. The average Bonchev–Trinajstić information content (AvgIpc) is 2.37. The fourth-order valence-corrected chi connectivity index (χ4v) is 1.34. The molecule has 0 spiro atoms. The molecule has 1 amide bonds. The van der Waals surface area contributed by atoms with Gasteiger partial charge in [0.25, 0.3) is 0 Å². The number of rotatable bonds is 7. The van der Waals surface area contributed by atoms with E-state index >= 15 is 0 Å². The first-order chi connectivity index (χ1) is 8.63. The zero-order valence-corrected chi connectivity index (χ0v) is 10.3. The van der Waals surface area contributed by atoms with Gasteiger partial charge in [0, 0.05) is 6.20 Å². The molecule has 1 aromatic heterocycles. The highest BCUT2D eigenvalue weighted by Crippen LogP contribution is 2.01. The molecule has 98 valence electrons. The summed E-state index contributed by atoms with van der Waals surface area (Å²) >= 11 is 0. The van der Waals surface area contributed by atoms with Crippen LogP contribution in [0, 0.1) is 0 Å². The van der Waals surface area contributed by atoms with Gasteiger partial charge in [-0.15, -0.1) is 0 Å². The molecule has 0 aliphatic rings. The first-order valence-corrected chi connectivity index (χ1v) is 5.79. The number of carboxylic acid groups (broad SMARTS) is 1. The van der Waals surface area contributed by atoms with Gasteiger partial charge in [0.1, 0.15) is 0 Å². The van der Waals surface area contributed by atoms with Gasteiger partial charge in [-0.05, 0) is 25.1 Å². The van der Waals surface area contributed by atoms with Crippen molar-refractivity contribution in [1.82, 2.24) is 15.6 Å². The van der Waals surface area contributed by atoms with E-state index in [9.17, 15) is 9.59 Å². The van der Waals surface area contributed by atoms with Gasteiger partial charge in [0.05, 0.1) is 24.3 Å². The minimum atomic E-state index is -1.01. The van der Waals surface area contributed by atoms with Crippen LogP contribution in [-0.2, 0) is 11.3 Å². The number of hydrogen-bond acceptors (Lipinski definition) is 4. The zero-order chi connectivity index (χ0) is 13.4. The van der Waals surface area contributed by atoms with Crippen LogP contribution in [0.15, 0.2) is 18.3 Å². The predicted molar refractivity (Wildman–Crippen MR) is 66.2 cm³/mol. The molecule has 0 radical (unpaired) electrons. The Morgan fingerprint density at radius 2 is 2.22 bits per heavy atom. The monoisotopic (exact) mass is 251 g/mol. The van der Waals surface area contributed by atoms with Crippen molar-refractivity contribution in [1.29, 1.82) is 0 Å². The molecule has 0 unspecified atom stereocenters. The van der Waals surface area contributed by atoms with Gasteiger partial charge in [-0.2, -0.15) is 0 Å². The van der Waals surface area contributed by atoms with Crippen LogP contribution in [0.4, 0.5) is 0 Å². The maximum absolute atomic E-state index is 11.4. The lowest BCUT2D eigenvalue weighted by molar-refractivity contribution is -0.120. The van der Waals surface area contributed by atoms with Crippen molar-refractivity contribution in [2.24, 2.45) is 0 Å². The molecule has 0 bridgehead atoms. The third-order valence-electron chi connectivity index (χ3n) is 2.24. The van der Waals surface area contributed by atoms with Crippen molar-refractivity contribution in [3.05, 3.63) is 29.6 Å². The van der Waals surface area contributed by atoms with Crippen LogP contribution in [0.5, 0.6) is 0 Å². The number of aromatic nitrogens is 1. The van der Waals surface area contributed by atoms with Crippen LogP contribution in [0.2, 0.25) is 0 Å². The Morgan fingerprint density at radius 1 is 1.44 bits per heavy atom. The van der Waals surface area contributed by atoms with E-state index in [1.807, 2.05) is 6.92 Å². The third kappa shape index (κ3) is 4.92. The van der Waals surface area contributed by atoms with Crippen molar-refractivity contribution in [3.63, 3.8) is 0 Å². The van der Waals surface area contributed by atoms with Crippen molar-refractivity contribution < 1.29 is 14.7 Å². The highest BCUT2D eigenvalue weighted by Gasteiger charge is 2.05. The summed E-state index contributed by atoms with van der Waals surface area (Å²) in [6, 6.07) is 2.86. The SMILES string of the molecule is CCCNCC(=O)NCc1cc(C(=O)O)ccn1. The molecule has 0 aliphatic heterocycles. The largest absolute Gasteiger partial charge is 0.478 e.